The van der Waals surface area contributed by atoms with E-state index < -0.39 is 65.5 Å². The average Bonchev–Trinajstić information content (AvgIpc) is 3.64. The topological polar surface area (TPSA) is 208 Å². The summed E-state index contributed by atoms with van der Waals surface area (Å²) >= 11 is 0. The molecule has 0 unspecified atom stereocenters. The minimum Gasteiger partial charge on any atom is -0.444 e. The highest BCUT2D eigenvalue weighted by molar-refractivity contribution is 5.96. The first-order chi connectivity index (χ1) is 29.1. The van der Waals surface area contributed by atoms with E-state index in [1.807, 2.05) is 85.8 Å². The molecular weight excluding hydrogens is 777 g/mol. The van der Waals surface area contributed by atoms with E-state index >= 15 is 0 Å². The number of para-hydroxylation sites is 1. The van der Waals surface area contributed by atoms with Crippen molar-refractivity contribution >= 4 is 46.7 Å². The number of nitrogens with zero attached hydrogens (tertiary/aromatic N) is 2. The summed E-state index contributed by atoms with van der Waals surface area (Å²) in [5, 5.41) is 12.1. The van der Waals surface area contributed by atoms with Gasteiger partial charge in [-0.25, -0.2) is 9.59 Å². The third-order valence-electron chi connectivity index (χ3n) is 10.7. The predicted octanol–water partition coefficient (Wildman–Crippen LogP) is 4.61. The van der Waals surface area contributed by atoms with Gasteiger partial charge >= 0.3 is 12.1 Å². The van der Waals surface area contributed by atoms with Crippen LogP contribution in [0.4, 0.5) is 9.59 Å². The van der Waals surface area contributed by atoms with Gasteiger partial charge in [0, 0.05) is 56.6 Å². The molecule has 15 nitrogen and oxygen atoms in total. The molecule has 7 N–H and O–H groups in total. The molecule has 1 aliphatic rings. The maximum atomic E-state index is 14.7. The van der Waals surface area contributed by atoms with Crippen molar-refractivity contribution in [1.29, 1.82) is 0 Å². The Morgan fingerprint density at radius 2 is 1.56 bits per heavy atom. The Balaban J connectivity index is 1.41. The van der Waals surface area contributed by atoms with Gasteiger partial charge in [-0.1, -0.05) is 78.4 Å². The number of H-pyrrole nitrogens is 1. The van der Waals surface area contributed by atoms with Gasteiger partial charge in [-0.2, -0.15) is 0 Å². The molecule has 1 aromatic heterocycles. The number of hydrogen-bond donors (Lipinski definition) is 6. The number of nitrogens with two attached hydrogens (primary N) is 1. The fraction of sp³-hybridized carbons (Fsp3) is 0.435. The average molecular weight is 837 g/mol. The van der Waals surface area contributed by atoms with Crippen LogP contribution in [0.3, 0.4) is 0 Å². The van der Waals surface area contributed by atoms with E-state index in [4.69, 9.17) is 10.5 Å². The Hall–Kier alpha value is -6.38. The van der Waals surface area contributed by atoms with Crippen LogP contribution in [0.25, 0.3) is 10.9 Å². The number of carbonyl (C=O) groups is 6. The summed E-state index contributed by atoms with van der Waals surface area (Å²) in [4.78, 5) is 88.2. The van der Waals surface area contributed by atoms with Gasteiger partial charge in [0.1, 0.15) is 29.8 Å². The number of likely N-dealkylation sites (tertiary alicyclic amines) is 1. The SMILES string of the molecule is Cc1ccc(CNC(=O)[C@H](CCCNC(N)=O)NC(=O)[C@H](Cc2c[nH]c3ccccc23)NC(=O)[C@@H]2CCCCN2C(=O)[C@H](Cc2ccccc2)N(C)C(=O)OC(C)(C)C)cc1. The number of nitrogens with one attached hydrogen (secondary N) is 5. The zero-order valence-corrected chi connectivity index (χ0v) is 35.8. The fourth-order valence-corrected chi connectivity index (χ4v) is 7.42. The molecular formula is C46H60N8O7. The highest BCUT2D eigenvalue weighted by atomic mass is 16.6. The number of ether oxygens (including phenoxy) is 1. The summed E-state index contributed by atoms with van der Waals surface area (Å²) in [6, 6.07) is 19.8. The standard InChI is InChI=1S/C46H60N8O7/c1-30-20-22-32(23-21-30)28-50-40(55)36(18-13-24-48-44(47)59)51-41(56)37(27-33-29-49-35-17-10-9-16-34(33)35)52-42(57)38-19-11-12-25-54(38)43(58)39(26-31-14-7-6-8-15-31)53(5)45(60)61-46(2,3)4/h6-10,14-17,20-23,29,36-39,49H,11-13,18-19,24-28H2,1-5H3,(H,50,55)(H,51,56)(H,52,57)(H3,47,48,59)/t36-,37-,38-,39-/m0/s1. The first-order valence-electron chi connectivity index (χ1n) is 20.9. The number of aryl methyl sites for hydroxylation is 1. The molecule has 5 rings (SSSR count). The van der Waals surface area contributed by atoms with E-state index in [1.165, 1.54) is 16.8 Å². The van der Waals surface area contributed by atoms with E-state index in [0.717, 1.165) is 33.2 Å². The number of carbonyl (C=O) groups excluding carboxylic acids is 6. The monoisotopic (exact) mass is 836 g/mol. The molecule has 0 spiro atoms. The van der Waals surface area contributed by atoms with Crippen LogP contribution in [0.2, 0.25) is 0 Å². The van der Waals surface area contributed by atoms with Crippen LogP contribution in [0.15, 0.2) is 85.1 Å². The predicted molar refractivity (Wildman–Crippen MR) is 233 cm³/mol. The molecule has 0 radical (unpaired) electrons. The second-order valence-corrected chi connectivity index (χ2v) is 16.7. The normalized spacial score (nSPS) is 15.5. The molecule has 15 heteroatoms. The molecule has 2 heterocycles. The fourth-order valence-electron chi connectivity index (χ4n) is 7.42. The summed E-state index contributed by atoms with van der Waals surface area (Å²) in [5.41, 5.74) is 8.85. The number of rotatable bonds is 17. The molecule has 4 aromatic rings. The highest BCUT2D eigenvalue weighted by Crippen LogP contribution is 2.24. The molecule has 4 atom stereocenters. The van der Waals surface area contributed by atoms with E-state index in [0.29, 0.717) is 25.7 Å². The second-order valence-electron chi connectivity index (χ2n) is 16.7. The maximum Gasteiger partial charge on any atom is 0.410 e. The molecule has 0 aliphatic carbocycles. The van der Waals surface area contributed by atoms with Crippen LogP contribution in [0.5, 0.6) is 0 Å². The summed E-state index contributed by atoms with van der Waals surface area (Å²) in [7, 11) is 1.53. The van der Waals surface area contributed by atoms with Crippen LogP contribution >= 0.6 is 0 Å². The summed E-state index contributed by atoms with van der Waals surface area (Å²) in [5.74, 6) is -1.98. The van der Waals surface area contributed by atoms with Crippen molar-refractivity contribution in [2.45, 2.75) is 109 Å². The van der Waals surface area contributed by atoms with Gasteiger partial charge in [-0.15, -0.1) is 0 Å². The number of urea groups is 1. The van der Waals surface area contributed by atoms with Crippen LogP contribution in [0.1, 0.15) is 75.1 Å². The molecule has 0 bridgehead atoms. The van der Waals surface area contributed by atoms with E-state index in [1.54, 1.807) is 27.0 Å². The third-order valence-corrected chi connectivity index (χ3v) is 10.7. The summed E-state index contributed by atoms with van der Waals surface area (Å²) < 4.78 is 5.66. The zero-order chi connectivity index (χ0) is 44.1. The Kier molecular flexibility index (Phi) is 15.9. The summed E-state index contributed by atoms with van der Waals surface area (Å²) in [6.07, 6.45) is 3.51. The van der Waals surface area contributed by atoms with Gasteiger partial charge in [0.15, 0.2) is 0 Å². The Labute approximate surface area is 357 Å². The molecule has 1 saturated heterocycles. The largest absolute Gasteiger partial charge is 0.444 e. The minimum atomic E-state index is -1.16. The van der Waals surface area contributed by atoms with Crippen LogP contribution in [0, 0.1) is 6.92 Å². The third kappa shape index (κ3) is 13.3. The van der Waals surface area contributed by atoms with E-state index in [-0.39, 0.29) is 38.9 Å². The smallest absolute Gasteiger partial charge is 0.410 e. The van der Waals surface area contributed by atoms with Gasteiger partial charge in [0.25, 0.3) is 0 Å². The molecule has 7 amide bonds. The number of primary amides is 1. The van der Waals surface area contributed by atoms with Crippen molar-refractivity contribution < 1.29 is 33.5 Å². The van der Waals surface area contributed by atoms with Gasteiger partial charge in [0.2, 0.25) is 23.6 Å². The van der Waals surface area contributed by atoms with Crippen molar-refractivity contribution in [3.63, 3.8) is 0 Å². The number of piperidine rings is 1. The lowest BCUT2D eigenvalue weighted by Crippen LogP contribution is -2.61. The van der Waals surface area contributed by atoms with Crippen molar-refractivity contribution in [3.05, 3.63) is 107 Å². The van der Waals surface area contributed by atoms with Gasteiger partial charge in [-0.3, -0.25) is 24.1 Å². The van der Waals surface area contributed by atoms with Crippen LogP contribution in [-0.4, -0.2) is 100 Å². The molecule has 1 fully saturated rings. The van der Waals surface area contributed by atoms with E-state index in [9.17, 15) is 28.8 Å². The number of aromatic amines is 1. The lowest BCUT2D eigenvalue weighted by atomic mass is 9.96. The molecule has 326 valence electrons. The first kappa shape index (κ1) is 45.7. The van der Waals surface area contributed by atoms with Crippen molar-refractivity contribution in [1.82, 2.24) is 36.1 Å². The van der Waals surface area contributed by atoms with E-state index in [2.05, 4.69) is 26.3 Å². The quantitative estimate of drug-likeness (QED) is 0.0832. The molecule has 3 aromatic carbocycles. The lowest BCUT2D eigenvalue weighted by Gasteiger charge is -2.39. The van der Waals surface area contributed by atoms with Gasteiger partial charge in [0.05, 0.1) is 0 Å². The highest BCUT2D eigenvalue weighted by Gasteiger charge is 2.40. The second kappa shape index (κ2) is 21.2. The molecule has 61 heavy (non-hydrogen) atoms. The van der Waals surface area contributed by atoms with Crippen LogP contribution in [-0.2, 0) is 43.3 Å². The first-order valence-corrected chi connectivity index (χ1v) is 20.9. The Morgan fingerprint density at radius 3 is 2.26 bits per heavy atom. The Morgan fingerprint density at radius 1 is 0.852 bits per heavy atom. The Bertz CT molecular complexity index is 2130. The number of aromatic nitrogens is 1. The number of amides is 7. The number of benzene rings is 3. The van der Waals surface area contributed by atoms with Crippen molar-refractivity contribution in [2.24, 2.45) is 5.73 Å². The van der Waals surface area contributed by atoms with Gasteiger partial charge < -0.3 is 41.6 Å². The number of likely N-dealkylation sites (N-methyl/N-ethyl adjacent to an activating group) is 1. The zero-order valence-electron chi connectivity index (χ0n) is 35.8. The summed E-state index contributed by atoms with van der Waals surface area (Å²) in [6.45, 7) is 7.90. The maximum absolute atomic E-state index is 14.7. The van der Waals surface area contributed by atoms with Crippen molar-refractivity contribution in [3.8, 4) is 0 Å². The van der Waals surface area contributed by atoms with Crippen molar-refractivity contribution in [2.75, 3.05) is 20.1 Å². The molecule has 1 aliphatic heterocycles. The minimum absolute atomic E-state index is 0.0706. The lowest BCUT2D eigenvalue weighted by molar-refractivity contribution is -0.146. The number of fused-ring (bicyclic) bond motifs is 1. The van der Waals surface area contributed by atoms with Crippen LogP contribution < -0.4 is 27.0 Å². The number of hydrogen-bond acceptors (Lipinski definition) is 7. The van der Waals surface area contributed by atoms with Gasteiger partial charge in [-0.05, 0) is 82.6 Å². The molecule has 0 saturated carbocycles.